The maximum atomic E-state index is 10.2. The first-order valence-corrected chi connectivity index (χ1v) is 12.3. The van der Waals surface area contributed by atoms with Crippen LogP contribution in [0.15, 0.2) is 47.0 Å². The zero-order chi connectivity index (χ0) is 24.0. The molecule has 0 bridgehead atoms. The minimum absolute atomic E-state index is 0.346. The van der Waals surface area contributed by atoms with Crippen molar-refractivity contribution in [3.05, 3.63) is 42.6 Å². The molecule has 0 spiro atoms. The molecule has 0 aliphatic carbocycles. The van der Waals surface area contributed by atoms with Crippen LogP contribution in [0.1, 0.15) is 19.8 Å². The summed E-state index contributed by atoms with van der Waals surface area (Å²) in [6, 6.07) is 11.5. The lowest BCUT2D eigenvalue weighted by Gasteiger charge is -2.28. The molecule has 1 saturated heterocycles. The highest BCUT2D eigenvalue weighted by molar-refractivity contribution is 7.18. The van der Waals surface area contributed by atoms with E-state index in [1.165, 1.54) is 11.3 Å². The lowest BCUT2D eigenvalue weighted by Crippen LogP contribution is -2.37. The Hall–Kier alpha value is -3.61. The van der Waals surface area contributed by atoms with Crippen molar-refractivity contribution in [2.75, 3.05) is 41.8 Å². The third-order valence-corrected chi connectivity index (χ3v) is 6.20. The van der Waals surface area contributed by atoms with Gasteiger partial charge in [-0.15, -0.1) is 10.2 Å². The summed E-state index contributed by atoms with van der Waals surface area (Å²) < 4.78 is 11.3. The van der Waals surface area contributed by atoms with E-state index >= 15 is 0 Å². The molecule has 5 rings (SSSR count). The fourth-order valence-electron chi connectivity index (χ4n) is 3.57. The summed E-state index contributed by atoms with van der Waals surface area (Å²) in [5.41, 5.74) is 0.857. The van der Waals surface area contributed by atoms with Gasteiger partial charge in [0.15, 0.2) is 5.13 Å². The van der Waals surface area contributed by atoms with Crippen molar-refractivity contribution in [2.45, 2.75) is 26.0 Å². The molecule has 1 aromatic carbocycles. The zero-order valence-electron chi connectivity index (χ0n) is 19.2. The molecular formula is C23H26N8O3S. The number of ether oxygens (including phenoxy) is 1. The number of aliphatic hydroxyl groups is 1. The summed E-state index contributed by atoms with van der Waals surface area (Å²) >= 11 is 1.38. The Morgan fingerprint density at radius 2 is 1.91 bits per heavy atom. The second-order valence-electron chi connectivity index (χ2n) is 7.92. The van der Waals surface area contributed by atoms with Gasteiger partial charge in [-0.2, -0.15) is 9.97 Å². The van der Waals surface area contributed by atoms with Crippen LogP contribution in [-0.2, 0) is 4.74 Å². The maximum absolute atomic E-state index is 10.2. The maximum Gasteiger partial charge on any atom is 0.259 e. The number of rotatable bonds is 9. The standard InChI is InChI=1S/C23H26N8O3S/c1-2-6-19(32)28-22-25-17(13-18(27-22)31-9-11-33-12-10-31)26-23-24-14-16(35-23)21-30-29-20(34-21)15-7-4-3-5-8-15/h3-5,7-8,13-14,19,32H,2,6,9-12H2,1H3,(H2,24,25,26,27,28). The summed E-state index contributed by atoms with van der Waals surface area (Å²) in [5, 5.41) is 25.4. The van der Waals surface area contributed by atoms with E-state index in [0.29, 0.717) is 48.3 Å². The first kappa shape index (κ1) is 23.1. The van der Waals surface area contributed by atoms with Crippen molar-refractivity contribution < 1.29 is 14.3 Å². The number of hydrogen-bond donors (Lipinski definition) is 3. The lowest BCUT2D eigenvalue weighted by atomic mass is 10.2. The molecule has 3 N–H and O–H groups in total. The number of aromatic nitrogens is 5. The van der Waals surface area contributed by atoms with E-state index in [-0.39, 0.29) is 0 Å². The molecule has 1 aliphatic heterocycles. The van der Waals surface area contributed by atoms with Crippen LogP contribution in [-0.4, -0.2) is 62.8 Å². The second kappa shape index (κ2) is 10.8. The highest BCUT2D eigenvalue weighted by atomic mass is 32.1. The Morgan fingerprint density at radius 3 is 2.71 bits per heavy atom. The molecule has 4 aromatic rings. The SMILES string of the molecule is CCCC(O)Nc1nc(Nc2ncc(-c3nnc(-c4ccccc4)o3)s2)cc(N2CCOCC2)n1. The molecule has 4 heterocycles. The smallest absolute Gasteiger partial charge is 0.259 e. The molecule has 182 valence electrons. The predicted octanol–water partition coefficient (Wildman–Crippen LogP) is 3.76. The van der Waals surface area contributed by atoms with Crippen LogP contribution in [0.3, 0.4) is 0 Å². The van der Waals surface area contributed by atoms with E-state index in [9.17, 15) is 5.11 Å². The van der Waals surface area contributed by atoms with E-state index in [0.717, 1.165) is 35.8 Å². The van der Waals surface area contributed by atoms with Crippen molar-refractivity contribution in [1.29, 1.82) is 0 Å². The van der Waals surface area contributed by atoms with Crippen molar-refractivity contribution >= 4 is 34.1 Å². The lowest BCUT2D eigenvalue weighted by molar-refractivity contribution is 0.122. The van der Waals surface area contributed by atoms with Gasteiger partial charge in [0.05, 0.1) is 19.4 Å². The molecular weight excluding hydrogens is 468 g/mol. The summed E-state index contributed by atoms with van der Waals surface area (Å²) in [5.74, 6) is 2.51. The Bertz CT molecular complexity index is 1240. The Kier molecular flexibility index (Phi) is 7.12. The number of nitrogens with zero attached hydrogens (tertiary/aromatic N) is 6. The van der Waals surface area contributed by atoms with Gasteiger partial charge in [-0.1, -0.05) is 42.9 Å². The second-order valence-corrected chi connectivity index (χ2v) is 8.95. The number of nitrogens with one attached hydrogen (secondary N) is 2. The first-order valence-electron chi connectivity index (χ1n) is 11.5. The Labute approximate surface area is 206 Å². The summed E-state index contributed by atoms with van der Waals surface area (Å²) in [4.78, 5) is 16.5. The van der Waals surface area contributed by atoms with E-state index < -0.39 is 6.23 Å². The van der Waals surface area contributed by atoms with Gasteiger partial charge in [-0.25, -0.2) is 4.98 Å². The first-order chi connectivity index (χ1) is 17.2. The van der Waals surface area contributed by atoms with E-state index in [1.54, 1.807) is 6.20 Å². The Morgan fingerprint density at radius 1 is 1.11 bits per heavy atom. The topological polar surface area (TPSA) is 134 Å². The minimum Gasteiger partial charge on any atom is -0.415 e. The van der Waals surface area contributed by atoms with E-state index in [2.05, 4.69) is 40.7 Å². The van der Waals surface area contributed by atoms with Gasteiger partial charge in [0, 0.05) is 24.7 Å². The average Bonchev–Trinajstić information content (AvgIpc) is 3.55. The summed E-state index contributed by atoms with van der Waals surface area (Å²) in [6.07, 6.45) is 2.39. The molecule has 3 aromatic heterocycles. The van der Waals surface area contributed by atoms with Crippen molar-refractivity contribution in [1.82, 2.24) is 25.1 Å². The van der Waals surface area contributed by atoms with Crippen LogP contribution in [0.25, 0.3) is 22.2 Å². The monoisotopic (exact) mass is 494 g/mol. The average molecular weight is 495 g/mol. The molecule has 0 amide bonds. The highest BCUT2D eigenvalue weighted by Gasteiger charge is 2.18. The normalized spacial score (nSPS) is 14.6. The van der Waals surface area contributed by atoms with Crippen LogP contribution in [0.4, 0.5) is 22.7 Å². The molecule has 1 fully saturated rings. The van der Waals surface area contributed by atoms with Gasteiger partial charge < -0.3 is 29.8 Å². The van der Waals surface area contributed by atoms with Gasteiger partial charge in [0.25, 0.3) is 5.89 Å². The quantitative estimate of drug-likeness (QED) is 0.294. The number of benzene rings is 1. The fraction of sp³-hybridized carbons (Fsp3) is 0.348. The number of hydrogen-bond acceptors (Lipinski definition) is 12. The largest absolute Gasteiger partial charge is 0.415 e. The summed E-state index contributed by atoms with van der Waals surface area (Å²) in [6.45, 7) is 4.75. The van der Waals surface area contributed by atoms with Crippen LogP contribution < -0.4 is 15.5 Å². The molecule has 12 heteroatoms. The van der Waals surface area contributed by atoms with Crippen LogP contribution in [0.2, 0.25) is 0 Å². The summed E-state index contributed by atoms with van der Waals surface area (Å²) in [7, 11) is 0. The van der Waals surface area contributed by atoms with Gasteiger partial charge in [-0.05, 0) is 18.6 Å². The molecule has 0 radical (unpaired) electrons. The van der Waals surface area contributed by atoms with Crippen LogP contribution >= 0.6 is 11.3 Å². The molecule has 0 saturated carbocycles. The third kappa shape index (κ3) is 5.73. The van der Waals surface area contributed by atoms with Gasteiger partial charge >= 0.3 is 0 Å². The molecule has 11 nitrogen and oxygen atoms in total. The third-order valence-electron chi connectivity index (χ3n) is 5.30. The highest BCUT2D eigenvalue weighted by Crippen LogP contribution is 2.32. The van der Waals surface area contributed by atoms with E-state index in [1.807, 2.05) is 43.3 Å². The number of morpholine rings is 1. The predicted molar refractivity (Wildman–Crippen MR) is 134 cm³/mol. The molecule has 1 unspecified atom stereocenters. The molecule has 35 heavy (non-hydrogen) atoms. The molecule has 1 aliphatic rings. The van der Waals surface area contributed by atoms with Crippen molar-refractivity contribution in [3.63, 3.8) is 0 Å². The minimum atomic E-state index is -0.726. The molecule has 1 atom stereocenters. The van der Waals surface area contributed by atoms with Crippen molar-refractivity contribution in [3.8, 4) is 22.2 Å². The zero-order valence-corrected chi connectivity index (χ0v) is 20.0. The van der Waals surface area contributed by atoms with Crippen LogP contribution in [0, 0.1) is 0 Å². The van der Waals surface area contributed by atoms with Crippen molar-refractivity contribution in [2.24, 2.45) is 0 Å². The number of anilines is 4. The number of aliphatic hydroxyl groups excluding tert-OH is 1. The van der Waals surface area contributed by atoms with E-state index in [4.69, 9.17) is 9.15 Å². The van der Waals surface area contributed by atoms with Gasteiger partial charge in [0.2, 0.25) is 11.8 Å². The Balaban J connectivity index is 1.36. The fourth-order valence-corrected chi connectivity index (χ4v) is 4.32. The van der Waals surface area contributed by atoms with Gasteiger partial charge in [-0.3, -0.25) is 0 Å². The number of thiazole rings is 1. The van der Waals surface area contributed by atoms with Crippen LogP contribution in [0.5, 0.6) is 0 Å². The van der Waals surface area contributed by atoms with Gasteiger partial charge in [0.1, 0.15) is 22.7 Å².